The standard InChI is InChI=1S/C24H21ClFN7O/c1-27-23(34)17-9-14(26)6-8-20(17)31-22-19(25)12-28-24(32-22)30-15-7-5-13-3-2-4-21-18(11-29-33-21)16(13)10-15/h5-12H,2-4H2,1H3,(H,27,34)(H,29,33)(H2,28,30,31,32). The van der Waals surface area contributed by atoms with Crippen LogP contribution in [0.1, 0.15) is 28.0 Å². The molecule has 2 heterocycles. The third-order valence-electron chi connectivity index (χ3n) is 5.70. The highest BCUT2D eigenvalue weighted by molar-refractivity contribution is 6.33. The number of aromatic amines is 1. The quantitative estimate of drug-likeness (QED) is 0.322. The predicted octanol–water partition coefficient (Wildman–Crippen LogP) is 4.99. The number of aryl methyl sites for hydroxylation is 2. The Kier molecular flexibility index (Phi) is 5.85. The molecular weight excluding hydrogens is 457 g/mol. The molecule has 8 nitrogen and oxygen atoms in total. The van der Waals surface area contributed by atoms with E-state index in [1.165, 1.54) is 30.9 Å². The lowest BCUT2D eigenvalue weighted by molar-refractivity contribution is 0.0963. The van der Waals surface area contributed by atoms with E-state index in [0.717, 1.165) is 47.8 Å². The maximum atomic E-state index is 13.7. The van der Waals surface area contributed by atoms with Gasteiger partial charge in [0, 0.05) is 24.0 Å². The molecule has 0 radical (unpaired) electrons. The van der Waals surface area contributed by atoms with E-state index in [2.05, 4.69) is 48.2 Å². The van der Waals surface area contributed by atoms with Crippen LogP contribution in [-0.4, -0.2) is 33.1 Å². The van der Waals surface area contributed by atoms with Crippen molar-refractivity contribution in [1.29, 1.82) is 0 Å². The molecular formula is C24H21ClFN7O. The van der Waals surface area contributed by atoms with E-state index >= 15 is 0 Å². The van der Waals surface area contributed by atoms with E-state index in [9.17, 15) is 9.18 Å². The van der Waals surface area contributed by atoms with Crippen molar-refractivity contribution in [3.63, 3.8) is 0 Å². The number of nitrogens with zero attached hydrogens (tertiary/aromatic N) is 3. The van der Waals surface area contributed by atoms with Gasteiger partial charge in [-0.25, -0.2) is 9.37 Å². The summed E-state index contributed by atoms with van der Waals surface area (Å²) < 4.78 is 13.7. The second-order valence-corrected chi connectivity index (χ2v) is 8.30. The number of H-pyrrole nitrogens is 1. The highest BCUT2D eigenvalue weighted by atomic mass is 35.5. The Morgan fingerprint density at radius 1 is 1.09 bits per heavy atom. The number of carbonyl (C=O) groups excluding carboxylic acids is 1. The highest BCUT2D eigenvalue weighted by Crippen LogP contribution is 2.34. The smallest absolute Gasteiger partial charge is 0.253 e. The fourth-order valence-corrected chi connectivity index (χ4v) is 4.17. The molecule has 1 amide bonds. The number of anilines is 4. The lowest BCUT2D eigenvalue weighted by Crippen LogP contribution is -2.19. The average Bonchev–Trinajstić information content (AvgIpc) is 3.24. The van der Waals surface area contributed by atoms with Crippen LogP contribution in [-0.2, 0) is 12.8 Å². The zero-order valence-corrected chi connectivity index (χ0v) is 19.0. The van der Waals surface area contributed by atoms with E-state index in [1.54, 1.807) is 0 Å². The molecule has 1 aliphatic carbocycles. The van der Waals surface area contributed by atoms with Crippen LogP contribution < -0.4 is 16.0 Å². The Balaban J connectivity index is 1.44. The van der Waals surface area contributed by atoms with E-state index in [-0.39, 0.29) is 16.4 Å². The summed E-state index contributed by atoms with van der Waals surface area (Å²) in [7, 11) is 1.48. The van der Waals surface area contributed by atoms with Crippen molar-refractivity contribution in [1.82, 2.24) is 25.5 Å². The maximum absolute atomic E-state index is 13.7. The largest absolute Gasteiger partial charge is 0.355 e. The number of aromatic nitrogens is 4. The van der Waals surface area contributed by atoms with Crippen LogP contribution in [0.2, 0.25) is 5.02 Å². The molecule has 0 saturated carbocycles. The molecule has 0 aliphatic heterocycles. The molecule has 1 aliphatic rings. The molecule has 0 bridgehead atoms. The molecule has 0 unspecified atom stereocenters. The minimum absolute atomic E-state index is 0.133. The van der Waals surface area contributed by atoms with Gasteiger partial charge in [-0.3, -0.25) is 9.89 Å². The Hall–Kier alpha value is -3.98. The van der Waals surface area contributed by atoms with Crippen LogP contribution in [0.25, 0.3) is 11.1 Å². The van der Waals surface area contributed by atoms with Gasteiger partial charge < -0.3 is 16.0 Å². The van der Waals surface area contributed by atoms with Gasteiger partial charge in [0.15, 0.2) is 5.82 Å². The van der Waals surface area contributed by atoms with Gasteiger partial charge in [0.05, 0.1) is 23.6 Å². The van der Waals surface area contributed by atoms with Gasteiger partial charge in [0.2, 0.25) is 5.95 Å². The van der Waals surface area contributed by atoms with Crippen molar-refractivity contribution < 1.29 is 9.18 Å². The predicted molar refractivity (Wildman–Crippen MR) is 129 cm³/mol. The molecule has 4 N–H and O–H groups in total. The number of hydrogen-bond donors (Lipinski definition) is 4. The maximum Gasteiger partial charge on any atom is 0.253 e. The fraction of sp³-hybridized carbons (Fsp3) is 0.167. The van der Waals surface area contributed by atoms with Crippen molar-refractivity contribution in [3.8, 4) is 11.1 Å². The van der Waals surface area contributed by atoms with Gasteiger partial charge in [-0.2, -0.15) is 10.1 Å². The number of halogens is 2. The molecule has 0 atom stereocenters. The third-order valence-corrected chi connectivity index (χ3v) is 5.97. The van der Waals surface area contributed by atoms with Crippen molar-refractivity contribution in [2.24, 2.45) is 0 Å². The third kappa shape index (κ3) is 4.29. The minimum atomic E-state index is -0.524. The van der Waals surface area contributed by atoms with Gasteiger partial charge in [0.25, 0.3) is 5.91 Å². The monoisotopic (exact) mass is 477 g/mol. The number of amides is 1. The van der Waals surface area contributed by atoms with Crippen molar-refractivity contribution in [2.75, 3.05) is 17.7 Å². The normalized spacial score (nSPS) is 12.3. The first kappa shape index (κ1) is 21.8. The van der Waals surface area contributed by atoms with Crippen LogP contribution in [0.4, 0.5) is 27.5 Å². The molecule has 172 valence electrons. The van der Waals surface area contributed by atoms with Crippen LogP contribution in [0.15, 0.2) is 48.8 Å². The van der Waals surface area contributed by atoms with E-state index in [1.807, 2.05) is 12.3 Å². The topological polar surface area (TPSA) is 108 Å². The molecule has 0 spiro atoms. The Bertz CT molecular complexity index is 1390. The van der Waals surface area contributed by atoms with Crippen LogP contribution >= 0.6 is 11.6 Å². The zero-order valence-electron chi connectivity index (χ0n) is 18.2. The summed E-state index contributed by atoms with van der Waals surface area (Å²) in [6.07, 6.45) is 6.33. The molecule has 4 aromatic rings. The summed E-state index contributed by atoms with van der Waals surface area (Å²) in [5, 5.41) is 16.3. The first-order valence-electron chi connectivity index (χ1n) is 10.8. The van der Waals surface area contributed by atoms with Crippen molar-refractivity contribution in [3.05, 3.63) is 76.5 Å². The van der Waals surface area contributed by atoms with Crippen molar-refractivity contribution in [2.45, 2.75) is 19.3 Å². The van der Waals surface area contributed by atoms with E-state index in [0.29, 0.717) is 11.6 Å². The van der Waals surface area contributed by atoms with Gasteiger partial charge in [-0.1, -0.05) is 17.7 Å². The number of benzene rings is 2. The van der Waals surface area contributed by atoms with E-state index < -0.39 is 11.7 Å². The summed E-state index contributed by atoms with van der Waals surface area (Å²) in [5.74, 6) is -0.363. The van der Waals surface area contributed by atoms with Gasteiger partial charge in [0.1, 0.15) is 10.8 Å². The molecule has 34 heavy (non-hydrogen) atoms. The summed E-state index contributed by atoms with van der Waals surface area (Å²) in [5.41, 5.74) is 5.94. The summed E-state index contributed by atoms with van der Waals surface area (Å²) in [6.45, 7) is 0. The molecule has 0 saturated heterocycles. The molecule has 10 heteroatoms. The summed E-state index contributed by atoms with van der Waals surface area (Å²) in [4.78, 5) is 20.9. The summed E-state index contributed by atoms with van der Waals surface area (Å²) in [6, 6.07) is 10.0. The van der Waals surface area contributed by atoms with Crippen LogP contribution in [0, 0.1) is 5.82 Å². The van der Waals surface area contributed by atoms with Crippen LogP contribution in [0.5, 0.6) is 0 Å². The lowest BCUT2D eigenvalue weighted by atomic mass is 10.00. The number of carbonyl (C=O) groups is 1. The number of rotatable bonds is 5. The highest BCUT2D eigenvalue weighted by Gasteiger charge is 2.17. The zero-order chi connectivity index (χ0) is 23.7. The first-order chi connectivity index (χ1) is 16.5. The van der Waals surface area contributed by atoms with Crippen molar-refractivity contribution >= 4 is 40.6 Å². The second-order valence-electron chi connectivity index (χ2n) is 7.90. The Labute approximate surface area is 200 Å². The van der Waals surface area contributed by atoms with E-state index in [4.69, 9.17) is 11.6 Å². The SMILES string of the molecule is CNC(=O)c1cc(F)ccc1Nc1nc(Nc2ccc3c(c2)-c2cn[nH]c2CCC3)ncc1Cl. The second kappa shape index (κ2) is 9.11. The van der Waals surface area contributed by atoms with Gasteiger partial charge in [-0.05, 0) is 60.7 Å². The first-order valence-corrected chi connectivity index (χ1v) is 11.1. The van der Waals surface area contributed by atoms with Gasteiger partial charge >= 0.3 is 0 Å². The summed E-state index contributed by atoms with van der Waals surface area (Å²) >= 11 is 6.30. The molecule has 5 rings (SSSR count). The number of nitrogens with one attached hydrogen (secondary N) is 4. The Morgan fingerprint density at radius 2 is 1.97 bits per heavy atom. The lowest BCUT2D eigenvalue weighted by Gasteiger charge is -2.14. The number of hydrogen-bond acceptors (Lipinski definition) is 6. The molecule has 0 fully saturated rings. The minimum Gasteiger partial charge on any atom is -0.355 e. The van der Waals surface area contributed by atoms with Gasteiger partial charge in [-0.15, -0.1) is 0 Å². The van der Waals surface area contributed by atoms with Crippen LogP contribution in [0.3, 0.4) is 0 Å². The fourth-order valence-electron chi connectivity index (χ4n) is 4.03. The molecule has 2 aromatic carbocycles. The molecule has 2 aromatic heterocycles. The number of fused-ring (bicyclic) bond motifs is 3. The average molecular weight is 478 g/mol. The Morgan fingerprint density at radius 3 is 2.82 bits per heavy atom.